The third kappa shape index (κ3) is 3.21. The summed E-state index contributed by atoms with van der Waals surface area (Å²) in [6, 6.07) is 9.00. The maximum absolute atomic E-state index is 12.5. The van der Waals surface area contributed by atoms with Crippen molar-refractivity contribution < 1.29 is 4.79 Å². The van der Waals surface area contributed by atoms with Crippen LogP contribution in [0.1, 0.15) is 62.1 Å². The number of aryl methyl sites for hydroxylation is 1. The number of Topliss-reactive ketones (excluding diaryl/α,β-unsaturated/α-hetero) is 1. The van der Waals surface area contributed by atoms with Gasteiger partial charge in [0.1, 0.15) is 5.78 Å². The highest BCUT2D eigenvalue weighted by Gasteiger charge is 2.36. The van der Waals surface area contributed by atoms with Crippen LogP contribution in [0, 0.1) is 12.8 Å². The molecular formula is C19H27NO. The molecule has 3 rings (SSSR count). The predicted molar refractivity (Wildman–Crippen MR) is 86.3 cm³/mol. The predicted octanol–water partition coefficient (Wildman–Crippen LogP) is 4.28. The second-order valence-corrected chi connectivity index (χ2v) is 6.72. The zero-order chi connectivity index (χ0) is 14.7. The molecule has 21 heavy (non-hydrogen) atoms. The Morgan fingerprint density at radius 3 is 2.52 bits per heavy atom. The molecule has 2 nitrogen and oxygen atoms in total. The number of likely N-dealkylation sites (tertiary alicyclic amines) is 1. The zero-order valence-electron chi connectivity index (χ0n) is 13.2. The van der Waals surface area contributed by atoms with Gasteiger partial charge in [-0.1, -0.05) is 37.1 Å². The highest BCUT2D eigenvalue weighted by atomic mass is 16.1. The first-order valence-corrected chi connectivity index (χ1v) is 8.59. The SMILES string of the molecule is Cc1ccccc1C(C1CCCCC1=O)N1CCCCC1. The van der Waals surface area contributed by atoms with Crippen molar-refractivity contribution >= 4 is 5.78 Å². The molecule has 0 bridgehead atoms. The van der Waals surface area contributed by atoms with Crippen molar-refractivity contribution in [1.82, 2.24) is 4.90 Å². The normalized spacial score (nSPS) is 25.8. The minimum absolute atomic E-state index is 0.220. The molecule has 114 valence electrons. The van der Waals surface area contributed by atoms with E-state index in [1.54, 1.807) is 0 Å². The van der Waals surface area contributed by atoms with Crippen LogP contribution in [0.2, 0.25) is 0 Å². The van der Waals surface area contributed by atoms with Crippen molar-refractivity contribution in [3.8, 4) is 0 Å². The first-order chi connectivity index (χ1) is 10.3. The molecule has 0 N–H and O–H groups in total. The topological polar surface area (TPSA) is 20.3 Å². The monoisotopic (exact) mass is 285 g/mol. The Labute approximate surface area is 128 Å². The molecule has 1 heterocycles. The summed E-state index contributed by atoms with van der Waals surface area (Å²) in [5.74, 6) is 0.720. The second kappa shape index (κ2) is 6.74. The lowest BCUT2D eigenvalue weighted by Gasteiger charge is -2.40. The third-order valence-electron chi connectivity index (χ3n) is 5.27. The minimum atomic E-state index is 0.220. The number of ketones is 1. The molecule has 0 spiro atoms. The Kier molecular flexibility index (Phi) is 4.74. The Balaban J connectivity index is 1.93. The lowest BCUT2D eigenvalue weighted by Crippen LogP contribution is -2.41. The number of benzene rings is 1. The highest BCUT2D eigenvalue weighted by Crippen LogP contribution is 2.38. The minimum Gasteiger partial charge on any atom is -0.299 e. The number of carbonyl (C=O) groups excluding carboxylic acids is 1. The molecule has 2 unspecified atom stereocenters. The zero-order valence-corrected chi connectivity index (χ0v) is 13.2. The quantitative estimate of drug-likeness (QED) is 0.826. The van der Waals surface area contributed by atoms with Gasteiger partial charge in [0.15, 0.2) is 0 Å². The van der Waals surface area contributed by atoms with Gasteiger partial charge < -0.3 is 0 Å². The molecule has 2 heteroatoms. The summed E-state index contributed by atoms with van der Waals surface area (Å²) in [6.45, 7) is 4.51. The van der Waals surface area contributed by atoms with Gasteiger partial charge in [-0.2, -0.15) is 0 Å². The highest BCUT2D eigenvalue weighted by molar-refractivity contribution is 5.82. The molecule has 1 saturated heterocycles. The van der Waals surface area contributed by atoms with E-state index >= 15 is 0 Å². The molecule has 2 aliphatic rings. The molecule has 1 saturated carbocycles. The van der Waals surface area contributed by atoms with Gasteiger partial charge in [-0.05, 0) is 56.8 Å². The average molecular weight is 285 g/mol. The van der Waals surface area contributed by atoms with Gasteiger partial charge >= 0.3 is 0 Å². The van der Waals surface area contributed by atoms with Crippen molar-refractivity contribution in [2.24, 2.45) is 5.92 Å². The maximum atomic E-state index is 12.5. The van der Waals surface area contributed by atoms with Crippen LogP contribution in [-0.4, -0.2) is 23.8 Å². The number of rotatable bonds is 3. The van der Waals surface area contributed by atoms with Crippen LogP contribution in [0.15, 0.2) is 24.3 Å². The summed E-state index contributed by atoms with van der Waals surface area (Å²) in [7, 11) is 0. The molecule has 0 radical (unpaired) electrons. The van der Waals surface area contributed by atoms with E-state index in [0.29, 0.717) is 11.8 Å². The molecule has 2 atom stereocenters. The van der Waals surface area contributed by atoms with Gasteiger partial charge in [-0.15, -0.1) is 0 Å². The van der Waals surface area contributed by atoms with E-state index in [-0.39, 0.29) is 5.92 Å². The van der Waals surface area contributed by atoms with Crippen LogP contribution in [0.25, 0.3) is 0 Å². The Morgan fingerprint density at radius 1 is 1.05 bits per heavy atom. The lowest BCUT2D eigenvalue weighted by molar-refractivity contribution is -0.127. The summed E-state index contributed by atoms with van der Waals surface area (Å²) < 4.78 is 0. The van der Waals surface area contributed by atoms with Crippen LogP contribution in [0.3, 0.4) is 0 Å². The molecule has 1 aliphatic carbocycles. The van der Waals surface area contributed by atoms with Crippen LogP contribution >= 0.6 is 0 Å². The lowest BCUT2D eigenvalue weighted by atomic mass is 9.78. The molecular weight excluding hydrogens is 258 g/mol. The van der Waals surface area contributed by atoms with Gasteiger partial charge in [0.2, 0.25) is 0 Å². The number of carbonyl (C=O) groups is 1. The summed E-state index contributed by atoms with van der Waals surface area (Å²) in [5.41, 5.74) is 2.73. The molecule has 0 amide bonds. The Hall–Kier alpha value is -1.15. The smallest absolute Gasteiger partial charge is 0.137 e. The molecule has 1 aromatic rings. The number of hydrogen-bond acceptors (Lipinski definition) is 2. The van der Waals surface area contributed by atoms with E-state index in [9.17, 15) is 4.79 Å². The maximum Gasteiger partial charge on any atom is 0.137 e. The van der Waals surface area contributed by atoms with Crippen molar-refractivity contribution in [2.45, 2.75) is 57.9 Å². The molecule has 2 fully saturated rings. The van der Waals surface area contributed by atoms with Crippen molar-refractivity contribution in [1.29, 1.82) is 0 Å². The van der Waals surface area contributed by atoms with Crippen molar-refractivity contribution in [3.63, 3.8) is 0 Å². The van der Waals surface area contributed by atoms with Crippen molar-refractivity contribution in [3.05, 3.63) is 35.4 Å². The van der Waals surface area contributed by atoms with E-state index < -0.39 is 0 Å². The fraction of sp³-hybridized carbons (Fsp3) is 0.632. The van der Waals surface area contributed by atoms with Gasteiger partial charge in [0, 0.05) is 18.4 Å². The first-order valence-electron chi connectivity index (χ1n) is 8.59. The number of piperidine rings is 1. The summed E-state index contributed by atoms with van der Waals surface area (Å²) in [6.07, 6.45) is 8.08. The second-order valence-electron chi connectivity index (χ2n) is 6.72. The Bertz CT molecular complexity index is 490. The van der Waals surface area contributed by atoms with Gasteiger partial charge in [0.25, 0.3) is 0 Å². The van der Waals surface area contributed by atoms with Gasteiger partial charge in [-0.25, -0.2) is 0 Å². The summed E-state index contributed by atoms with van der Waals surface area (Å²) >= 11 is 0. The fourth-order valence-corrected chi connectivity index (χ4v) is 4.13. The first kappa shape index (κ1) is 14.8. The number of hydrogen-bond donors (Lipinski definition) is 0. The van der Waals surface area contributed by atoms with Gasteiger partial charge in [-0.3, -0.25) is 9.69 Å². The molecule has 0 aromatic heterocycles. The number of nitrogens with zero attached hydrogens (tertiary/aromatic N) is 1. The van der Waals surface area contributed by atoms with E-state index in [1.165, 1.54) is 36.8 Å². The average Bonchev–Trinajstić information content (AvgIpc) is 2.52. The largest absolute Gasteiger partial charge is 0.299 e. The van der Waals surface area contributed by atoms with Crippen LogP contribution in [0.5, 0.6) is 0 Å². The van der Waals surface area contributed by atoms with E-state index in [2.05, 4.69) is 36.1 Å². The van der Waals surface area contributed by atoms with E-state index in [1.807, 2.05) is 0 Å². The van der Waals surface area contributed by atoms with Crippen molar-refractivity contribution in [2.75, 3.05) is 13.1 Å². The van der Waals surface area contributed by atoms with Crippen LogP contribution in [0.4, 0.5) is 0 Å². The Morgan fingerprint density at radius 2 is 1.81 bits per heavy atom. The third-order valence-corrected chi connectivity index (χ3v) is 5.27. The van der Waals surface area contributed by atoms with E-state index in [4.69, 9.17) is 0 Å². The van der Waals surface area contributed by atoms with E-state index in [0.717, 1.165) is 32.4 Å². The summed E-state index contributed by atoms with van der Waals surface area (Å²) in [5, 5.41) is 0. The standard InChI is InChI=1S/C19H27NO/c1-15-9-3-4-10-16(15)19(20-13-7-2-8-14-20)17-11-5-6-12-18(17)21/h3-4,9-10,17,19H,2,5-8,11-14H2,1H3. The fourth-order valence-electron chi connectivity index (χ4n) is 4.13. The van der Waals surface area contributed by atoms with Crippen LogP contribution < -0.4 is 0 Å². The van der Waals surface area contributed by atoms with Crippen LogP contribution in [-0.2, 0) is 4.79 Å². The van der Waals surface area contributed by atoms with Gasteiger partial charge in [0.05, 0.1) is 0 Å². The molecule has 1 aromatic carbocycles. The molecule has 1 aliphatic heterocycles. The summed E-state index contributed by atoms with van der Waals surface area (Å²) in [4.78, 5) is 15.1.